The number of nitrogens with one attached hydrogen (secondary N) is 1. The van der Waals surface area contributed by atoms with Gasteiger partial charge in [-0.1, -0.05) is 30.3 Å². The van der Waals surface area contributed by atoms with Crippen LogP contribution < -0.4 is 15.4 Å². The normalized spacial score (nSPS) is 22.5. The van der Waals surface area contributed by atoms with Gasteiger partial charge in [-0.05, 0) is 31.2 Å². The number of hydrogen-bond acceptors (Lipinski definition) is 5. The molecule has 0 spiro atoms. The molecule has 2 aliphatic rings. The van der Waals surface area contributed by atoms with Crippen LogP contribution in [0, 0.1) is 0 Å². The van der Waals surface area contributed by atoms with Crippen molar-refractivity contribution in [1.82, 2.24) is 4.98 Å². The molecule has 1 aromatic carbocycles. The van der Waals surface area contributed by atoms with Gasteiger partial charge in [-0.2, -0.15) is 8.78 Å². The van der Waals surface area contributed by atoms with Gasteiger partial charge in [0.2, 0.25) is 0 Å². The number of aromatic amines is 1. The van der Waals surface area contributed by atoms with Crippen molar-refractivity contribution in [1.29, 1.82) is 0 Å². The van der Waals surface area contributed by atoms with Crippen molar-refractivity contribution in [3.05, 3.63) is 58.4 Å². The Morgan fingerprint density at radius 1 is 1.10 bits per heavy atom. The molecule has 168 valence electrons. The van der Waals surface area contributed by atoms with Crippen molar-refractivity contribution in [3.8, 4) is 0 Å². The molecule has 3 heterocycles. The van der Waals surface area contributed by atoms with Gasteiger partial charge in [-0.15, -0.1) is 0 Å². The van der Waals surface area contributed by atoms with Gasteiger partial charge in [0.05, 0.1) is 25.4 Å². The molecule has 8 heteroatoms. The first kappa shape index (κ1) is 21.8. The Bertz CT molecular complexity index is 887. The van der Waals surface area contributed by atoms with Crippen LogP contribution in [0.1, 0.15) is 24.8 Å². The number of aromatic nitrogens is 1. The first-order valence-electron chi connectivity index (χ1n) is 10.9. The number of morpholine rings is 1. The summed E-state index contributed by atoms with van der Waals surface area (Å²) in [7, 11) is 0. The lowest BCUT2D eigenvalue weighted by Crippen LogP contribution is -2.47. The van der Waals surface area contributed by atoms with Crippen molar-refractivity contribution >= 4 is 11.5 Å². The maximum Gasteiger partial charge on any atom is 0.345 e. The molecule has 2 atom stereocenters. The molecule has 4 rings (SSSR count). The van der Waals surface area contributed by atoms with E-state index in [1.165, 1.54) is 0 Å². The van der Waals surface area contributed by atoms with Gasteiger partial charge in [-0.25, -0.2) is 0 Å². The molecule has 0 amide bonds. The maximum absolute atomic E-state index is 13.2. The first-order chi connectivity index (χ1) is 15.1. The third kappa shape index (κ3) is 5.62. The molecular weight excluding hydrogens is 404 g/mol. The topological polar surface area (TPSA) is 57.8 Å². The van der Waals surface area contributed by atoms with E-state index in [0.29, 0.717) is 51.5 Å². The van der Waals surface area contributed by atoms with Crippen molar-refractivity contribution in [2.45, 2.75) is 44.4 Å². The highest BCUT2D eigenvalue weighted by atomic mass is 19.3. The number of pyridine rings is 1. The van der Waals surface area contributed by atoms with Gasteiger partial charge >= 0.3 is 6.61 Å². The second kappa shape index (κ2) is 10.2. The predicted molar refractivity (Wildman–Crippen MR) is 116 cm³/mol. The minimum atomic E-state index is -2.83. The number of alkyl halides is 2. The van der Waals surface area contributed by atoms with Crippen LogP contribution >= 0.6 is 0 Å². The summed E-state index contributed by atoms with van der Waals surface area (Å²) in [4.78, 5) is 19.6. The highest BCUT2D eigenvalue weighted by Crippen LogP contribution is 2.30. The smallest absolute Gasteiger partial charge is 0.345 e. The van der Waals surface area contributed by atoms with Gasteiger partial charge in [0, 0.05) is 37.5 Å². The van der Waals surface area contributed by atoms with Crippen LogP contribution in [0.3, 0.4) is 0 Å². The minimum absolute atomic E-state index is 0.201. The van der Waals surface area contributed by atoms with Crippen molar-refractivity contribution in [2.75, 3.05) is 42.6 Å². The zero-order valence-electron chi connectivity index (χ0n) is 17.5. The second-order valence-corrected chi connectivity index (χ2v) is 8.07. The van der Waals surface area contributed by atoms with E-state index < -0.39 is 12.7 Å². The number of benzene rings is 1. The number of halogens is 2. The van der Waals surface area contributed by atoms with E-state index in [4.69, 9.17) is 9.47 Å². The molecule has 0 saturated carbocycles. The maximum atomic E-state index is 13.2. The molecule has 0 unspecified atom stereocenters. The van der Waals surface area contributed by atoms with Crippen LogP contribution in [0.5, 0.6) is 0 Å². The van der Waals surface area contributed by atoms with Crippen LogP contribution in [0.15, 0.2) is 47.3 Å². The molecule has 0 radical (unpaired) electrons. The summed E-state index contributed by atoms with van der Waals surface area (Å²) in [5.41, 5.74) is 1.68. The zero-order valence-corrected chi connectivity index (χ0v) is 17.5. The van der Waals surface area contributed by atoms with Crippen molar-refractivity contribution in [3.63, 3.8) is 0 Å². The molecule has 0 aliphatic carbocycles. The fourth-order valence-corrected chi connectivity index (χ4v) is 4.55. The first-order valence-corrected chi connectivity index (χ1v) is 10.9. The number of nitrogens with zero attached hydrogens (tertiary/aromatic N) is 2. The van der Waals surface area contributed by atoms with Crippen LogP contribution in [-0.2, 0) is 15.9 Å². The number of ether oxygens (including phenoxy) is 2. The Hall–Kier alpha value is -2.45. The highest BCUT2D eigenvalue weighted by molar-refractivity contribution is 5.56. The second-order valence-electron chi connectivity index (χ2n) is 8.07. The summed E-state index contributed by atoms with van der Waals surface area (Å²) < 4.78 is 37.0. The third-order valence-corrected chi connectivity index (χ3v) is 6.03. The average molecular weight is 433 g/mol. The van der Waals surface area contributed by atoms with E-state index >= 15 is 0 Å². The Morgan fingerprint density at radius 3 is 2.61 bits per heavy atom. The number of hydrogen-bond donors (Lipinski definition) is 1. The monoisotopic (exact) mass is 433 g/mol. The van der Waals surface area contributed by atoms with Gasteiger partial charge in [0.25, 0.3) is 5.56 Å². The van der Waals surface area contributed by atoms with Crippen molar-refractivity contribution < 1.29 is 18.3 Å². The fourth-order valence-electron chi connectivity index (χ4n) is 4.55. The molecule has 2 aromatic rings. The zero-order chi connectivity index (χ0) is 21.6. The lowest BCUT2D eigenvalue weighted by atomic mass is 9.98. The molecule has 2 saturated heterocycles. The highest BCUT2D eigenvalue weighted by Gasteiger charge is 2.33. The summed E-state index contributed by atoms with van der Waals surface area (Å²) in [6.45, 7) is 0.505. The summed E-state index contributed by atoms with van der Waals surface area (Å²) in [6, 6.07) is 13.0. The third-order valence-electron chi connectivity index (χ3n) is 6.03. The molecule has 1 N–H and O–H groups in total. The average Bonchev–Trinajstić information content (AvgIpc) is 2.96. The summed E-state index contributed by atoms with van der Waals surface area (Å²) >= 11 is 0. The largest absolute Gasteiger partial charge is 0.378 e. The lowest BCUT2D eigenvalue weighted by molar-refractivity contribution is -0.169. The molecule has 1 aromatic heterocycles. The molecule has 0 bridgehead atoms. The predicted octanol–water partition coefficient (Wildman–Crippen LogP) is 3.42. The fraction of sp³-hybridized carbons (Fsp3) is 0.522. The number of anilines is 2. The molecular formula is C23H29F2N3O3. The quantitative estimate of drug-likeness (QED) is 0.757. The van der Waals surface area contributed by atoms with Gasteiger partial charge < -0.3 is 24.3 Å². The Kier molecular flexibility index (Phi) is 7.19. The van der Waals surface area contributed by atoms with Crippen molar-refractivity contribution in [2.24, 2.45) is 0 Å². The van der Waals surface area contributed by atoms with Gasteiger partial charge in [0.1, 0.15) is 5.82 Å². The van der Waals surface area contributed by atoms with Gasteiger partial charge in [0.15, 0.2) is 0 Å². The number of H-pyrrole nitrogens is 1. The van der Waals surface area contributed by atoms with Gasteiger partial charge in [-0.3, -0.25) is 4.79 Å². The van der Waals surface area contributed by atoms with Crippen LogP contribution in [0.4, 0.5) is 20.3 Å². The standard InChI is InChI=1S/C23H29F2N3O3/c24-23(25)31-20-8-4-5-9-28(19(20)14-17-6-2-1-3-7-17)21-15-18(16-22(29)26-21)27-10-12-30-13-11-27/h1-3,6-7,15-16,19-20,23H,4-5,8-14H2,(H,26,29)/t19-,20+/m1/s1. The van der Waals surface area contributed by atoms with E-state index in [0.717, 1.165) is 24.1 Å². The summed E-state index contributed by atoms with van der Waals surface area (Å²) in [5, 5.41) is 0. The molecule has 6 nitrogen and oxygen atoms in total. The summed E-state index contributed by atoms with van der Waals surface area (Å²) in [5.74, 6) is 0.652. The summed E-state index contributed by atoms with van der Waals surface area (Å²) in [6.07, 6.45) is 2.14. The Labute approximate surface area is 180 Å². The van der Waals surface area contributed by atoms with E-state index in [1.807, 2.05) is 36.4 Å². The Morgan fingerprint density at radius 2 is 1.87 bits per heavy atom. The minimum Gasteiger partial charge on any atom is -0.378 e. The SMILES string of the molecule is O=c1cc(N2CCOCC2)cc(N2CCCC[C@H](OC(F)F)[C@H]2Cc2ccccc2)[nH]1. The van der Waals surface area contributed by atoms with E-state index in [-0.39, 0.29) is 11.6 Å². The van der Waals surface area contributed by atoms with Crippen LogP contribution in [0.25, 0.3) is 0 Å². The number of rotatable bonds is 6. The lowest BCUT2D eigenvalue weighted by Gasteiger charge is -2.37. The molecule has 31 heavy (non-hydrogen) atoms. The Balaban J connectivity index is 1.68. The van der Waals surface area contributed by atoms with E-state index in [1.54, 1.807) is 6.07 Å². The van der Waals surface area contributed by atoms with E-state index in [9.17, 15) is 13.6 Å². The van der Waals surface area contributed by atoms with E-state index in [2.05, 4.69) is 14.8 Å². The molecule has 2 aliphatic heterocycles. The molecule has 2 fully saturated rings. The van der Waals surface area contributed by atoms with Crippen LogP contribution in [-0.4, -0.2) is 56.6 Å². The van der Waals surface area contributed by atoms with Crippen LogP contribution in [0.2, 0.25) is 0 Å².